The summed E-state index contributed by atoms with van der Waals surface area (Å²) in [5.74, 6) is 0.874. The maximum Gasteiger partial charge on any atom is 0.226 e. The lowest BCUT2D eigenvalue weighted by Gasteiger charge is -2.22. The van der Waals surface area contributed by atoms with E-state index in [4.69, 9.17) is 10.5 Å². The maximum absolute atomic E-state index is 11.2. The van der Waals surface area contributed by atoms with Crippen LogP contribution in [0.2, 0.25) is 0 Å². The highest BCUT2D eigenvalue weighted by atomic mass is 16.5. The van der Waals surface area contributed by atoms with Gasteiger partial charge >= 0.3 is 0 Å². The number of ether oxygens (including phenoxy) is 1. The fraction of sp³-hybridized carbons (Fsp3) is 0.500. The molecule has 1 rings (SSSR count). The largest absolute Gasteiger partial charge is 0.492 e. The lowest BCUT2D eigenvalue weighted by atomic mass is 9.94. The number of rotatable bonds is 5. The zero-order chi connectivity index (χ0) is 13.1. The summed E-state index contributed by atoms with van der Waals surface area (Å²) in [7, 11) is 0. The summed E-state index contributed by atoms with van der Waals surface area (Å²) in [4.78, 5) is 11.2. The number of carbonyl (C=O) groups excluding carboxylic acids is 1. The van der Waals surface area contributed by atoms with E-state index < -0.39 is 5.41 Å². The van der Waals surface area contributed by atoms with Gasteiger partial charge < -0.3 is 10.5 Å². The maximum atomic E-state index is 11.2. The molecule has 1 amide bonds. The lowest BCUT2D eigenvalue weighted by molar-refractivity contribution is -0.127. The highest BCUT2D eigenvalue weighted by Crippen LogP contribution is 2.27. The Kier molecular flexibility index (Phi) is 4.16. The monoisotopic (exact) mass is 235 g/mol. The molecule has 17 heavy (non-hydrogen) atoms. The van der Waals surface area contributed by atoms with Gasteiger partial charge in [0.2, 0.25) is 5.91 Å². The average Bonchev–Trinajstić information content (AvgIpc) is 2.26. The van der Waals surface area contributed by atoms with Crippen LogP contribution in [0.4, 0.5) is 0 Å². The van der Waals surface area contributed by atoms with Crippen LogP contribution in [-0.2, 0) is 4.79 Å². The minimum absolute atomic E-state index is 0.298. The molecule has 0 saturated carbocycles. The first-order valence-corrected chi connectivity index (χ1v) is 5.86. The molecule has 2 N–H and O–H groups in total. The summed E-state index contributed by atoms with van der Waals surface area (Å²) in [5.41, 5.74) is 5.81. The normalized spacial score (nSPS) is 11.6. The molecule has 0 bridgehead atoms. The number of primary amides is 1. The molecule has 3 heteroatoms. The Morgan fingerprint density at radius 3 is 2.47 bits per heavy atom. The van der Waals surface area contributed by atoms with Crippen molar-refractivity contribution < 1.29 is 9.53 Å². The van der Waals surface area contributed by atoms with E-state index >= 15 is 0 Å². The Balaban J connectivity index is 2.79. The first kappa shape index (κ1) is 13.6. The molecule has 1 aromatic rings. The number of hydrogen-bond donors (Lipinski definition) is 1. The fourth-order valence-corrected chi connectivity index (χ4v) is 1.42. The van der Waals surface area contributed by atoms with Crippen LogP contribution in [0.25, 0.3) is 0 Å². The molecule has 0 aliphatic heterocycles. The van der Waals surface area contributed by atoms with Crippen molar-refractivity contribution in [2.24, 2.45) is 11.1 Å². The van der Waals surface area contributed by atoms with Gasteiger partial charge in [-0.1, -0.05) is 32.0 Å². The molecule has 0 unspecified atom stereocenters. The van der Waals surface area contributed by atoms with Gasteiger partial charge in [-0.25, -0.2) is 0 Å². The van der Waals surface area contributed by atoms with Gasteiger partial charge in [-0.3, -0.25) is 4.79 Å². The highest BCUT2D eigenvalue weighted by Gasteiger charge is 2.26. The van der Waals surface area contributed by atoms with Crippen molar-refractivity contribution in [1.29, 1.82) is 0 Å². The van der Waals surface area contributed by atoms with Crippen molar-refractivity contribution in [1.82, 2.24) is 0 Å². The van der Waals surface area contributed by atoms with Crippen molar-refractivity contribution in [2.45, 2.75) is 33.6 Å². The summed E-state index contributed by atoms with van der Waals surface area (Å²) in [6.07, 6.45) is 0. The number of para-hydroxylation sites is 1. The van der Waals surface area contributed by atoms with Crippen LogP contribution in [0.15, 0.2) is 24.3 Å². The third-order valence-corrected chi connectivity index (χ3v) is 2.80. The predicted molar refractivity (Wildman–Crippen MR) is 69.0 cm³/mol. The Bertz CT molecular complexity index is 397. The summed E-state index contributed by atoms with van der Waals surface area (Å²) in [6, 6.07) is 7.88. The summed E-state index contributed by atoms with van der Waals surface area (Å²) in [6.45, 7) is 8.09. The van der Waals surface area contributed by atoms with Gasteiger partial charge in [0.05, 0.1) is 5.41 Å². The first-order chi connectivity index (χ1) is 7.84. The molecule has 94 valence electrons. The van der Waals surface area contributed by atoms with Crippen LogP contribution in [-0.4, -0.2) is 12.5 Å². The minimum Gasteiger partial charge on any atom is -0.492 e. The van der Waals surface area contributed by atoms with E-state index in [0.29, 0.717) is 12.5 Å². The number of nitrogens with two attached hydrogens (primary N) is 1. The smallest absolute Gasteiger partial charge is 0.226 e. The van der Waals surface area contributed by atoms with E-state index in [9.17, 15) is 4.79 Å². The number of benzene rings is 1. The number of hydrogen-bond acceptors (Lipinski definition) is 2. The van der Waals surface area contributed by atoms with Crippen molar-refractivity contribution in [3.8, 4) is 5.75 Å². The highest BCUT2D eigenvalue weighted by molar-refractivity contribution is 5.80. The standard InChI is InChI=1S/C14H21NO2/c1-10(2)11-7-5-6-8-12(11)17-9-14(3,4)13(15)16/h5-8,10H,9H2,1-4H3,(H2,15,16). The van der Waals surface area contributed by atoms with Crippen LogP contribution in [0.1, 0.15) is 39.2 Å². The zero-order valence-electron chi connectivity index (χ0n) is 11.0. The summed E-state index contributed by atoms with van der Waals surface area (Å²) >= 11 is 0. The van der Waals surface area contributed by atoms with Crippen LogP contribution in [0.5, 0.6) is 5.75 Å². The van der Waals surface area contributed by atoms with Crippen LogP contribution < -0.4 is 10.5 Å². The van der Waals surface area contributed by atoms with Gasteiger partial charge in [-0.15, -0.1) is 0 Å². The Hall–Kier alpha value is -1.51. The first-order valence-electron chi connectivity index (χ1n) is 5.86. The molecule has 0 atom stereocenters. The van der Waals surface area contributed by atoms with E-state index in [0.717, 1.165) is 11.3 Å². The molecule has 0 fully saturated rings. The third kappa shape index (κ3) is 3.48. The van der Waals surface area contributed by atoms with Gasteiger partial charge in [0.15, 0.2) is 0 Å². The quantitative estimate of drug-likeness (QED) is 0.853. The second kappa shape index (κ2) is 5.21. The zero-order valence-corrected chi connectivity index (χ0v) is 11.0. The van der Waals surface area contributed by atoms with Gasteiger partial charge in [0, 0.05) is 0 Å². The average molecular weight is 235 g/mol. The molecule has 0 saturated heterocycles. The molecular formula is C14H21NO2. The number of carbonyl (C=O) groups is 1. The molecule has 0 aromatic heterocycles. The minimum atomic E-state index is -0.649. The molecule has 1 aromatic carbocycles. The molecule has 0 aliphatic rings. The second-order valence-electron chi connectivity index (χ2n) is 5.23. The van der Waals surface area contributed by atoms with Crippen molar-refractivity contribution in [3.63, 3.8) is 0 Å². The molecule has 0 heterocycles. The molecule has 0 aliphatic carbocycles. The Morgan fingerprint density at radius 1 is 1.35 bits per heavy atom. The third-order valence-electron chi connectivity index (χ3n) is 2.80. The van der Waals surface area contributed by atoms with Crippen LogP contribution >= 0.6 is 0 Å². The second-order valence-corrected chi connectivity index (χ2v) is 5.23. The predicted octanol–water partition coefficient (Wildman–Crippen LogP) is 2.70. The van der Waals surface area contributed by atoms with E-state index in [1.807, 2.05) is 24.3 Å². The van der Waals surface area contributed by atoms with Crippen LogP contribution in [0, 0.1) is 5.41 Å². The molecule has 0 radical (unpaired) electrons. The molecule has 0 spiro atoms. The SMILES string of the molecule is CC(C)c1ccccc1OCC(C)(C)C(N)=O. The van der Waals surface area contributed by atoms with Crippen molar-refractivity contribution in [3.05, 3.63) is 29.8 Å². The lowest BCUT2D eigenvalue weighted by Crippen LogP contribution is -2.36. The van der Waals surface area contributed by atoms with Crippen molar-refractivity contribution >= 4 is 5.91 Å². The fourth-order valence-electron chi connectivity index (χ4n) is 1.42. The van der Waals surface area contributed by atoms with Crippen molar-refractivity contribution in [2.75, 3.05) is 6.61 Å². The van der Waals surface area contributed by atoms with Gasteiger partial charge in [-0.2, -0.15) is 0 Å². The topological polar surface area (TPSA) is 52.3 Å². The van der Waals surface area contributed by atoms with E-state index in [1.54, 1.807) is 13.8 Å². The van der Waals surface area contributed by atoms with Crippen LogP contribution in [0.3, 0.4) is 0 Å². The molecule has 3 nitrogen and oxygen atoms in total. The molecular weight excluding hydrogens is 214 g/mol. The Morgan fingerprint density at radius 2 is 1.94 bits per heavy atom. The number of amides is 1. The van der Waals surface area contributed by atoms with E-state index in [-0.39, 0.29) is 5.91 Å². The van der Waals surface area contributed by atoms with E-state index in [1.165, 1.54) is 0 Å². The summed E-state index contributed by atoms with van der Waals surface area (Å²) in [5, 5.41) is 0. The van der Waals surface area contributed by atoms with E-state index in [2.05, 4.69) is 13.8 Å². The summed E-state index contributed by atoms with van der Waals surface area (Å²) < 4.78 is 5.72. The van der Waals surface area contributed by atoms with Gasteiger partial charge in [0.1, 0.15) is 12.4 Å². The van der Waals surface area contributed by atoms with Gasteiger partial charge in [0.25, 0.3) is 0 Å². The van der Waals surface area contributed by atoms with Gasteiger partial charge in [-0.05, 0) is 31.4 Å². The Labute approximate surface area is 103 Å².